The minimum atomic E-state index is -1.08. The number of para-hydroxylation sites is 1. The first-order chi connectivity index (χ1) is 12.5. The molecular weight excluding hydrogens is 352 g/mol. The van der Waals surface area contributed by atoms with Gasteiger partial charge >= 0.3 is 5.97 Å². The molecule has 7 heteroatoms. The molecule has 2 aromatic carbocycles. The highest BCUT2D eigenvalue weighted by Gasteiger charge is 2.14. The molecule has 0 saturated heterocycles. The van der Waals surface area contributed by atoms with Gasteiger partial charge in [0.05, 0.1) is 12.1 Å². The van der Waals surface area contributed by atoms with E-state index in [2.05, 4.69) is 4.98 Å². The van der Waals surface area contributed by atoms with E-state index in [9.17, 15) is 9.59 Å². The number of ether oxygens (including phenoxy) is 1. The Kier molecular flexibility index (Phi) is 4.99. The minimum Gasteiger partial charge on any atom is -0.481 e. The molecule has 132 valence electrons. The third kappa shape index (κ3) is 3.73. The number of nitrogens with one attached hydrogen (secondary N) is 1. The first-order valence-electron chi connectivity index (χ1n) is 7.85. The molecule has 1 heterocycles. The van der Waals surface area contributed by atoms with Gasteiger partial charge in [-0.25, -0.2) is 0 Å². The van der Waals surface area contributed by atoms with Gasteiger partial charge in [0.2, 0.25) is 0 Å². The Balaban J connectivity index is 1.98. The lowest BCUT2D eigenvalue weighted by atomic mass is 10.1. The summed E-state index contributed by atoms with van der Waals surface area (Å²) in [6, 6.07) is 16.2. The summed E-state index contributed by atoms with van der Waals surface area (Å²) in [4.78, 5) is 26.6. The Labute approximate surface area is 154 Å². The molecule has 0 aliphatic heterocycles. The predicted molar refractivity (Wildman–Crippen MR) is 99.8 cm³/mol. The van der Waals surface area contributed by atoms with Gasteiger partial charge in [-0.2, -0.15) is 0 Å². The van der Waals surface area contributed by atoms with Crippen molar-refractivity contribution >= 4 is 18.2 Å². The van der Waals surface area contributed by atoms with Gasteiger partial charge in [0, 0.05) is 11.3 Å². The average Bonchev–Trinajstić information content (AvgIpc) is 2.61. The summed E-state index contributed by atoms with van der Waals surface area (Å²) in [5.74, 6) is 0.239. The van der Waals surface area contributed by atoms with E-state index < -0.39 is 11.5 Å². The summed E-state index contributed by atoms with van der Waals surface area (Å²) in [7, 11) is 0. The second-order valence-corrected chi connectivity index (χ2v) is 6.04. The monoisotopic (exact) mass is 368 g/mol. The van der Waals surface area contributed by atoms with Gasteiger partial charge in [-0.3, -0.25) is 14.2 Å². The number of H-pyrrole nitrogens is 1. The van der Waals surface area contributed by atoms with Gasteiger partial charge in [0.1, 0.15) is 11.5 Å². The smallest absolute Gasteiger partial charge is 0.308 e. The number of nitrogens with zero attached hydrogens (tertiary/aromatic N) is 1. The van der Waals surface area contributed by atoms with E-state index in [-0.39, 0.29) is 16.8 Å². The molecule has 0 spiro atoms. The van der Waals surface area contributed by atoms with Gasteiger partial charge < -0.3 is 14.8 Å². The fraction of sp³-hybridized carbons (Fsp3) is 0.105. The van der Waals surface area contributed by atoms with Crippen LogP contribution >= 0.6 is 12.2 Å². The fourth-order valence-electron chi connectivity index (χ4n) is 2.56. The number of aryl methyl sites for hydroxylation is 1. The van der Waals surface area contributed by atoms with Crippen LogP contribution in [0.4, 0.5) is 0 Å². The summed E-state index contributed by atoms with van der Waals surface area (Å²) >= 11 is 5.25. The zero-order chi connectivity index (χ0) is 18.7. The highest BCUT2D eigenvalue weighted by Crippen LogP contribution is 2.22. The highest BCUT2D eigenvalue weighted by molar-refractivity contribution is 7.71. The molecule has 26 heavy (non-hydrogen) atoms. The second-order valence-electron chi connectivity index (χ2n) is 5.65. The molecule has 0 saturated carbocycles. The van der Waals surface area contributed by atoms with Crippen LogP contribution in [0.2, 0.25) is 0 Å². The van der Waals surface area contributed by atoms with E-state index in [1.54, 1.807) is 31.2 Å². The number of hydrogen-bond donors (Lipinski definition) is 2. The third-order valence-corrected chi connectivity index (χ3v) is 4.10. The van der Waals surface area contributed by atoms with Crippen LogP contribution < -0.4 is 10.3 Å². The maximum Gasteiger partial charge on any atom is 0.308 e. The van der Waals surface area contributed by atoms with E-state index in [0.717, 1.165) is 0 Å². The SMILES string of the molecule is Cc1[nH]c(=S)n(-c2ccc(Oc3ccccc3)cc2)c(=O)c1CC(=O)O. The van der Waals surface area contributed by atoms with Gasteiger partial charge in [0.25, 0.3) is 5.56 Å². The molecule has 0 fully saturated rings. The number of aliphatic carboxylic acids is 1. The number of hydrogen-bond acceptors (Lipinski definition) is 4. The molecule has 0 aliphatic carbocycles. The molecule has 3 rings (SSSR count). The van der Waals surface area contributed by atoms with Crippen LogP contribution in [0.1, 0.15) is 11.3 Å². The van der Waals surface area contributed by atoms with Crippen molar-refractivity contribution in [2.24, 2.45) is 0 Å². The van der Waals surface area contributed by atoms with E-state index >= 15 is 0 Å². The Morgan fingerprint density at radius 1 is 1.12 bits per heavy atom. The zero-order valence-electron chi connectivity index (χ0n) is 13.9. The van der Waals surface area contributed by atoms with Crippen molar-refractivity contribution in [1.82, 2.24) is 9.55 Å². The lowest BCUT2D eigenvalue weighted by molar-refractivity contribution is -0.136. The molecule has 6 nitrogen and oxygen atoms in total. The topological polar surface area (TPSA) is 84.3 Å². The predicted octanol–water partition coefficient (Wildman–Crippen LogP) is 3.62. The molecule has 2 N–H and O–H groups in total. The Hall–Kier alpha value is -3.19. The normalized spacial score (nSPS) is 10.5. The minimum absolute atomic E-state index is 0.177. The molecule has 3 aromatic rings. The Morgan fingerprint density at radius 3 is 2.35 bits per heavy atom. The van der Waals surface area contributed by atoms with Gasteiger partial charge in [-0.05, 0) is 55.5 Å². The number of aromatic nitrogens is 2. The van der Waals surface area contributed by atoms with E-state index in [1.807, 2.05) is 30.3 Å². The third-order valence-electron chi connectivity index (χ3n) is 3.81. The number of rotatable bonds is 5. The standard InChI is InChI=1S/C19H16N2O4S/c1-12-16(11-17(22)23)18(24)21(19(26)20-12)13-7-9-15(10-8-13)25-14-5-3-2-4-6-14/h2-10H,11H2,1H3,(H,20,26)(H,22,23). The van der Waals surface area contributed by atoms with E-state index in [0.29, 0.717) is 22.9 Å². The maximum atomic E-state index is 12.7. The Bertz CT molecular complexity index is 1050. The van der Waals surface area contributed by atoms with Gasteiger partial charge in [-0.15, -0.1) is 0 Å². The summed E-state index contributed by atoms with van der Waals surface area (Å²) in [6.45, 7) is 1.64. The number of aromatic amines is 1. The molecular formula is C19H16N2O4S. The molecule has 0 amide bonds. The van der Waals surface area contributed by atoms with Crippen molar-refractivity contribution in [1.29, 1.82) is 0 Å². The average molecular weight is 368 g/mol. The molecule has 1 aromatic heterocycles. The number of carbonyl (C=O) groups is 1. The van der Waals surface area contributed by atoms with E-state index in [4.69, 9.17) is 22.1 Å². The van der Waals surface area contributed by atoms with Crippen LogP contribution in [0.25, 0.3) is 5.69 Å². The van der Waals surface area contributed by atoms with Crippen LogP contribution in [0.5, 0.6) is 11.5 Å². The zero-order valence-corrected chi connectivity index (χ0v) is 14.7. The summed E-state index contributed by atoms with van der Waals surface area (Å²) in [6.07, 6.45) is -0.369. The summed E-state index contributed by atoms with van der Waals surface area (Å²) < 4.78 is 7.22. The quantitative estimate of drug-likeness (QED) is 0.672. The molecule has 0 aliphatic rings. The van der Waals surface area contributed by atoms with Crippen molar-refractivity contribution in [3.8, 4) is 17.2 Å². The van der Waals surface area contributed by atoms with Crippen molar-refractivity contribution in [2.45, 2.75) is 13.3 Å². The summed E-state index contributed by atoms with van der Waals surface area (Å²) in [5, 5.41) is 9.02. The van der Waals surface area contributed by atoms with Crippen molar-refractivity contribution in [3.05, 3.63) is 81.0 Å². The van der Waals surface area contributed by atoms with Crippen LogP contribution in [-0.2, 0) is 11.2 Å². The number of benzene rings is 2. The first-order valence-corrected chi connectivity index (χ1v) is 8.26. The van der Waals surface area contributed by atoms with Gasteiger partial charge in [-0.1, -0.05) is 18.2 Å². The largest absolute Gasteiger partial charge is 0.481 e. The summed E-state index contributed by atoms with van der Waals surface area (Å²) in [5.41, 5.74) is 0.729. The molecule has 0 radical (unpaired) electrons. The van der Waals surface area contributed by atoms with Crippen LogP contribution in [-0.4, -0.2) is 20.6 Å². The fourth-order valence-corrected chi connectivity index (χ4v) is 2.90. The first kappa shape index (κ1) is 17.6. The molecule has 0 bridgehead atoms. The maximum absolute atomic E-state index is 12.7. The van der Waals surface area contributed by atoms with Crippen molar-refractivity contribution in [2.75, 3.05) is 0 Å². The van der Waals surface area contributed by atoms with Crippen LogP contribution in [0.15, 0.2) is 59.4 Å². The molecule has 0 atom stereocenters. The Morgan fingerprint density at radius 2 is 1.73 bits per heavy atom. The lowest BCUT2D eigenvalue weighted by Crippen LogP contribution is -2.27. The second kappa shape index (κ2) is 7.37. The van der Waals surface area contributed by atoms with Crippen LogP contribution in [0, 0.1) is 11.7 Å². The number of carboxylic acid groups (broad SMARTS) is 1. The number of carboxylic acids is 1. The van der Waals surface area contributed by atoms with Crippen molar-refractivity contribution < 1.29 is 14.6 Å². The van der Waals surface area contributed by atoms with E-state index in [1.165, 1.54) is 4.57 Å². The lowest BCUT2D eigenvalue weighted by Gasteiger charge is -2.11. The highest BCUT2D eigenvalue weighted by atomic mass is 32.1. The van der Waals surface area contributed by atoms with Gasteiger partial charge in [0.15, 0.2) is 4.77 Å². The van der Waals surface area contributed by atoms with Crippen LogP contribution in [0.3, 0.4) is 0 Å². The molecule has 0 unspecified atom stereocenters. The van der Waals surface area contributed by atoms with Crippen molar-refractivity contribution in [3.63, 3.8) is 0 Å².